The maximum atomic E-state index is 12.5. The van der Waals surface area contributed by atoms with Crippen molar-refractivity contribution in [2.24, 2.45) is 0 Å². The van der Waals surface area contributed by atoms with Crippen molar-refractivity contribution in [3.8, 4) is 23.0 Å². The molecule has 132 valence electrons. The quantitative estimate of drug-likeness (QED) is 0.868. The zero-order valence-corrected chi connectivity index (χ0v) is 14.5. The minimum atomic E-state index is -0.445. The molecule has 0 bridgehead atoms. The van der Waals surface area contributed by atoms with Crippen molar-refractivity contribution in [1.82, 2.24) is 5.32 Å². The zero-order chi connectivity index (χ0) is 18.0. The molecule has 0 saturated carbocycles. The van der Waals surface area contributed by atoms with E-state index in [-0.39, 0.29) is 5.91 Å². The highest BCUT2D eigenvalue weighted by Gasteiger charge is 2.28. The fourth-order valence-electron chi connectivity index (χ4n) is 2.80. The van der Waals surface area contributed by atoms with Crippen LogP contribution in [0.15, 0.2) is 30.3 Å². The van der Waals surface area contributed by atoms with E-state index in [2.05, 4.69) is 10.6 Å². The topological polar surface area (TPSA) is 78.1 Å². The molecule has 1 atom stereocenters. The van der Waals surface area contributed by atoms with Crippen LogP contribution in [0.1, 0.15) is 22.1 Å². The van der Waals surface area contributed by atoms with E-state index in [0.717, 1.165) is 5.56 Å². The average Bonchev–Trinajstić information content (AvgIpc) is 2.66. The van der Waals surface area contributed by atoms with Gasteiger partial charge in [-0.05, 0) is 18.2 Å². The van der Waals surface area contributed by atoms with Crippen LogP contribution in [0.5, 0.6) is 23.0 Å². The Hall–Kier alpha value is -3.09. The monoisotopic (exact) mass is 344 g/mol. The predicted molar refractivity (Wildman–Crippen MR) is 92.9 cm³/mol. The highest BCUT2D eigenvalue weighted by atomic mass is 16.5. The third kappa shape index (κ3) is 3.00. The Kier molecular flexibility index (Phi) is 4.56. The zero-order valence-electron chi connectivity index (χ0n) is 14.5. The van der Waals surface area contributed by atoms with Crippen molar-refractivity contribution in [2.75, 3.05) is 33.8 Å². The Morgan fingerprint density at radius 2 is 1.48 bits per heavy atom. The maximum Gasteiger partial charge on any atom is 0.255 e. The molecular weight excluding hydrogens is 324 g/mol. The van der Waals surface area contributed by atoms with Gasteiger partial charge >= 0.3 is 0 Å². The molecule has 0 fully saturated rings. The second kappa shape index (κ2) is 6.80. The molecular formula is C18H20N2O5. The minimum Gasteiger partial charge on any atom is -0.497 e. The largest absolute Gasteiger partial charge is 0.497 e. The van der Waals surface area contributed by atoms with Crippen molar-refractivity contribution in [1.29, 1.82) is 0 Å². The van der Waals surface area contributed by atoms with E-state index in [1.165, 1.54) is 7.11 Å². The van der Waals surface area contributed by atoms with Crippen molar-refractivity contribution in [3.63, 3.8) is 0 Å². The van der Waals surface area contributed by atoms with Gasteiger partial charge in [-0.25, -0.2) is 0 Å². The number of nitrogens with one attached hydrogen (secondary N) is 2. The number of carbonyl (C=O) groups is 1. The molecule has 1 amide bonds. The molecule has 7 nitrogen and oxygen atoms in total. The summed E-state index contributed by atoms with van der Waals surface area (Å²) in [4.78, 5) is 12.5. The molecule has 0 spiro atoms. The van der Waals surface area contributed by atoms with E-state index in [0.29, 0.717) is 34.2 Å². The van der Waals surface area contributed by atoms with Crippen LogP contribution >= 0.6 is 0 Å². The van der Waals surface area contributed by atoms with E-state index in [9.17, 15) is 4.79 Å². The lowest BCUT2D eigenvalue weighted by Gasteiger charge is -2.29. The van der Waals surface area contributed by atoms with E-state index in [4.69, 9.17) is 18.9 Å². The third-order valence-corrected chi connectivity index (χ3v) is 4.10. The molecule has 0 saturated heterocycles. The van der Waals surface area contributed by atoms with Gasteiger partial charge in [-0.1, -0.05) is 0 Å². The summed E-state index contributed by atoms with van der Waals surface area (Å²) >= 11 is 0. The predicted octanol–water partition coefficient (Wildman–Crippen LogP) is 2.58. The summed E-state index contributed by atoms with van der Waals surface area (Å²) < 4.78 is 21.2. The van der Waals surface area contributed by atoms with Gasteiger partial charge in [0.1, 0.15) is 17.7 Å². The molecule has 0 unspecified atom stereocenters. The molecule has 2 N–H and O–H groups in total. The summed E-state index contributed by atoms with van der Waals surface area (Å²) in [7, 11) is 6.25. The van der Waals surface area contributed by atoms with E-state index in [1.54, 1.807) is 39.5 Å². The highest BCUT2D eigenvalue weighted by molar-refractivity contribution is 6.02. The number of carbonyl (C=O) groups excluding carboxylic acids is 1. The van der Waals surface area contributed by atoms with Crippen LogP contribution in [0.4, 0.5) is 5.69 Å². The number of fused-ring (bicyclic) bond motifs is 1. The van der Waals surface area contributed by atoms with Gasteiger partial charge in [-0.15, -0.1) is 0 Å². The molecule has 2 aromatic carbocycles. The lowest BCUT2D eigenvalue weighted by atomic mass is 10.0. The van der Waals surface area contributed by atoms with Gasteiger partial charge in [0.15, 0.2) is 11.5 Å². The average molecular weight is 344 g/mol. The smallest absolute Gasteiger partial charge is 0.255 e. The summed E-state index contributed by atoms with van der Waals surface area (Å²) in [6, 6.07) is 8.83. The van der Waals surface area contributed by atoms with Crippen molar-refractivity contribution >= 4 is 11.6 Å². The van der Waals surface area contributed by atoms with Crippen LogP contribution in [0, 0.1) is 0 Å². The number of anilines is 1. The summed E-state index contributed by atoms with van der Waals surface area (Å²) in [5.41, 5.74) is 1.93. The van der Waals surface area contributed by atoms with Gasteiger partial charge in [0.25, 0.3) is 5.91 Å². The Bertz CT molecular complexity index is 806. The molecule has 7 heteroatoms. The molecule has 25 heavy (non-hydrogen) atoms. The van der Waals surface area contributed by atoms with Gasteiger partial charge in [0.2, 0.25) is 0 Å². The van der Waals surface area contributed by atoms with Gasteiger partial charge < -0.3 is 29.6 Å². The third-order valence-electron chi connectivity index (χ3n) is 4.10. The fraction of sp³-hybridized carbons (Fsp3) is 0.278. The molecule has 1 heterocycles. The summed E-state index contributed by atoms with van der Waals surface area (Å²) in [5.74, 6) is 2.12. The van der Waals surface area contributed by atoms with Crippen molar-refractivity contribution < 1.29 is 23.7 Å². The first-order valence-electron chi connectivity index (χ1n) is 7.66. The van der Waals surface area contributed by atoms with Crippen LogP contribution in [-0.4, -0.2) is 34.3 Å². The Balaban J connectivity index is 2.00. The Morgan fingerprint density at radius 1 is 0.800 bits per heavy atom. The molecule has 2 aromatic rings. The lowest BCUT2D eigenvalue weighted by Crippen LogP contribution is -2.38. The van der Waals surface area contributed by atoms with E-state index in [1.807, 2.05) is 12.1 Å². The Morgan fingerprint density at radius 3 is 2.12 bits per heavy atom. The van der Waals surface area contributed by atoms with Crippen LogP contribution < -0.4 is 29.6 Å². The molecule has 1 aliphatic heterocycles. The molecule has 0 aliphatic carbocycles. The second-order valence-corrected chi connectivity index (χ2v) is 5.41. The molecule has 0 aromatic heterocycles. The lowest BCUT2D eigenvalue weighted by molar-refractivity contribution is 0.0935. The number of amides is 1. The second-order valence-electron chi connectivity index (χ2n) is 5.41. The Labute approximate surface area is 145 Å². The minimum absolute atomic E-state index is 0.211. The number of hydrogen-bond acceptors (Lipinski definition) is 6. The first kappa shape index (κ1) is 16.8. The van der Waals surface area contributed by atoms with E-state index >= 15 is 0 Å². The van der Waals surface area contributed by atoms with E-state index < -0.39 is 6.17 Å². The first-order valence-corrected chi connectivity index (χ1v) is 7.66. The SMILES string of the molecule is COc1ccc([C@H]2NC(=O)c3cc(OC)c(OC)cc3N2)c(OC)c1. The number of methoxy groups -OCH3 is 4. The molecule has 3 rings (SSSR count). The fourth-order valence-corrected chi connectivity index (χ4v) is 2.80. The van der Waals surface area contributed by atoms with Gasteiger partial charge in [0.05, 0.1) is 39.7 Å². The summed E-state index contributed by atoms with van der Waals surface area (Å²) in [6.45, 7) is 0. The number of ether oxygens (including phenoxy) is 4. The van der Waals surface area contributed by atoms with Crippen molar-refractivity contribution in [2.45, 2.75) is 6.17 Å². The standard InChI is InChI=1S/C18H20N2O5/c1-22-10-5-6-11(14(7-10)23-2)17-19-13-9-16(25-4)15(24-3)8-12(13)18(21)20-17/h5-9,17,19H,1-4H3,(H,20,21)/t17-/m1/s1. The maximum absolute atomic E-state index is 12.5. The van der Waals surface area contributed by atoms with Crippen molar-refractivity contribution in [3.05, 3.63) is 41.5 Å². The summed E-state index contributed by atoms with van der Waals surface area (Å²) in [6.07, 6.45) is -0.445. The van der Waals surface area contributed by atoms with Gasteiger partial charge in [-0.3, -0.25) is 4.79 Å². The van der Waals surface area contributed by atoms with Crippen LogP contribution in [0.3, 0.4) is 0 Å². The number of rotatable bonds is 5. The molecule has 1 aliphatic rings. The van der Waals surface area contributed by atoms with Gasteiger partial charge in [-0.2, -0.15) is 0 Å². The summed E-state index contributed by atoms with van der Waals surface area (Å²) in [5, 5.41) is 6.22. The van der Waals surface area contributed by atoms with Crippen LogP contribution in [-0.2, 0) is 0 Å². The first-order chi connectivity index (χ1) is 12.1. The normalized spacial score (nSPS) is 15.5. The number of hydrogen-bond donors (Lipinski definition) is 2. The van der Waals surface area contributed by atoms with Crippen LogP contribution in [0.25, 0.3) is 0 Å². The molecule has 0 radical (unpaired) electrons. The van der Waals surface area contributed by atoms with Crippen LogP contribution in [0.2, 0.25) is 0 Å². The van der Waals surface area contributed by atoms with Gasteiger partial charge in [0, 0.05) is 17.7 Å². The highest BCUT2D eigenvalue weighted by Crippen LogP contribution is 2.38. The number of benzene rings is 2.